The summed E-state index contributed by atoms with van der Waals surface area (Å²) in [5, 5.41) is 12.2. The van der Waals surface area contributed by atoms with Gasteiger partial charge in [0.25, 0.3) is 0 Å². The molecule has 2 aliphatic heterocycles. The highest BCUT2D eigenvalue weighted by Gasteiger charge is 2.52. The summed E-state index contributed by atoms with van der Waals surface area (Å²) in [7, 11) is 0. The van der Waals surface area contributed by atoms with E-state index in [2.05, 4.69) is 31.0 Å². The number of carbonyl (C=O) groups excluding carboxylic acids is 2. The minimum atomic E-state index is -1.01. The van der Waals surface area contributed by atoms with E-state index in [0.29, 0.717) is 60.5 Å². The quantitative estimate of drug-likeness (QED) is 0.369. The third-order valence-electron chi connectivity index (χ3n) is 7.66. The van der Waals surface area contributed by atoms with Crippen LogP contribution in [0, 0.1) is 16.7 Å². The van der Waals surface area contributed by atoms with E-state index in [9.17, 15) is 9.59 Å². The van der Waals surface area contributed by atoms with Crippen LogP contribution >= 0.6 is 23.2 Å². The van der Waals surface area contributed by atoms with Crippen LogP contribution in [0.15, 0.2) is 42.5 Å². The van der Waals surface area contributed by atoms with Gasteiger partial charge in [0.15, 0.2) is 0 Å². The number of hydrogen-bond acceptors (Lipinski definition) is 4. The largest absolute Gasteiger partial charge is 0.343 e. The van der Waals surface area contributed by atoms with Crippen molar-refractivity contribution in [2.45, 2.75) is 58.9 Å². The number of carbonyl (C=O) groups is 2. The van der Waals surface area contributed by atoms with Crippen molar-refractivity contribution in [3.05, 3.63) is 63.6 Å². The maximum Gasteiger partial charge on any atom is 0.249 e. The van der Waals surface area contributed by atoms with Gasteiger partial charge in [-0.1, -0.05) is 62.2 Å². The van der Waals surface area contributed by atoms with Crippen molar-refractivity contribution < 1.29 is 9.59 Å². The Morgan fingerprint density at radius 2 is 1.82 bits per heavy atom. The molecule has 2 aliphatic rings. The third-order valence-corrected chi connectivity index (χ3v) is 8.13. The van der Waals surface area contributed by atoms with Gasteiger partial charge in [0.05, 0.1) is 0 Å². The van der Waals surface area contributed by atoms with Crippen LogP contribution in [0.2, 0.25) is 10.0 Å². The summed E-state index contributed by atoms with van der Waals surface area (Å²) in [5.41, 5.74) is 2.08. The molecule has 2 aromatic rings. The van der Waals surface area contributed by atoms with Crippen LogP contribution in [0.5, 0.6) is 0 Å². The Bertz CT molecular complexity index is 1220. The van der Waals surface area contributed by atoms with Crippen molar-refractivity contribution in [2.24, 2.45) is 11.3 Å². The normalized spacial score (nSPS) is 20.0. The van der Waals surface area contributed by atoms with Crippen molar-refractivity contribution in [1.29, 1.82) is 5.41 Å². The molecule has 38 heavy (non-hydrogen) atoms. The van der Waals surface area contributed by atoms with Gasteiger partial charge in [-0.3, -0.25) is 14.5 Å². The van der Waals surface area contributed by atoms with E-state index in [1.165, 1.54) is 0 Å². The van der Waals surface area contributed by atoms with Crippen LogP contribution in [0.25, 0.3) is 0 Å². The summed E-state index contributed by atoms with van der Waals surface area (Å²) in [5.74, 6) is 0.245. The first-order valence-electron chi connectivity index (χ1n) is 13.3. The van der Waals surface area contributed by atoms with Crippen molar-refractivity contribution in [1.82, 2.24) is 9.80 Å². The Morgan fingerprint density at radius 1 is 1.13 bits per heavy atom. The van der Waals surface area contributed by atoms with E-state index in [4.69, 9.17) is 28.6 Å². The molecule has 0 aromatic heterocycles. The van der Waals surface area contributed by atoms with Crippen molar-refractivity contribution >= 4 is 46.4 Å². The second kappa shape index (κ2) is 11.4. The van der Waals surface area contributed by atoms with Crippen LogP contribution in [0.1, 0.15) is 58.1 Å². The molecule has 2 amide bonds. The molecule has 8 heteroatoms. The summed E-state index contributed by atoms with van der Waals surface area (Å²) in [6.45, 7) is 10.7. The van der Waals surface area contributed by atoms with Gasteiger partial charge >= 0.3 is 0 Å². The number of amides is 2. The van der Waals surface area contributed by atoms with Crippen molar-refractivity contribution in [3.8, 4) is 0 Å². The number of fused-ring (bicyclic) bond motifs is 1. The fourth-order valence-electron chi connectivity index (χ4n) is 5.80. The van der Waals surface area contributed by atoms with Gasteiger partial charge in [0.1, 0.15) is 5.54 Å². The molecule has 2 heterocycles. The number of halogens is 2. The first-order valence-corrected chi connectivity index (χ1v) is 14.1. The Morgan fingerprint density at radius 3 is 2.45 bits per heavy atom. The fraction of sp³-hybridized carbons (Fsp3) is 0.500. The number of hydrogen-bond donors (Lipinski definition) is 2. The number of likely N-dealkylation sites (tertiary alicyclic amines) is 1. The Labute approximate surface area is 236 Å². The summed E-state index contributed by atoms with van der Waals surface area (Å²) < 4.78 is 0. The van der Waals surface area contributed by atoms with Crippen LogP contribution in [0.4, 0.5) is 5.69 Å². The monoisotopic (exact) mass is 556 g/mol. The molecule has 2 aromatic carbocycles. The van der Waals surface area contributed by atoms with Gasteiger partial charge in [-0.25, -0.2) is 0 Å². The number of anilines is 1. The number of benzene rings is 2. The van der Waals surface area contributed by atoms with E-state index in [1.54, 1.807) is 6.07 Å². The zero-order valence-corrected chi connectivity index (χ0v) is 24.3. The first kappa shape index (κ1) is 28.6. The zero-order chi connectivity index (χ0) is 27.7. The molecule has 0 aliphatic carbocycles. The highest BCUT2D eigenvalue weighted by atomic mass is 35.5. The van der Waals surface area contributed by atoms with E-state index in [-0.39, 0.29) is 23.1 Å². The molecule has 6 nitrogen and oxygen atoms in total. The molecule has 2 N–H and O–H groups in total. The highest BCUT2D eigenvalue weighted by Crippen LogP contribution is 2.45. The van der Waals surface area contributed by atoms with Crippen molar-refractivity contribution in [3.63, 3.8) is 0 Å². The Balaban J connectivity index is 1.67. The fourth-order valence-corrected chi connectivity index (χ4v) is 6.19. The number of nitrogens with zero attached hydrogens (tertiary/aromatic N) is 2. The van der Waals surface area contributed by atoms with Gasteiger partial charge in [0.2, 0.25) is 11.8 Å². The molecule has 1 atom stereocenters. The van der Waals surface area contributed by atoms with Crippen molar-refractivity contribution in [2.75, 3.05) is 31.5 Å². The molecular weight excluding hydrogens is 519 g/mol. The molecule has 204 valence electrons. The van der Waals surface area contributed by atoms with E-state index in [1.807, 2.05) is 48.2 Å². The summed E-state index contributed by atoms with van der Waals surface area (Å²) >= 11 is 12.6. The lowest BCUT2D eigenvalue weighted by Crippen LogP contribution is -2.56. The lowest BCUT2D eigenvalue weighted by molar-refractivity contribution is -0.135. The van der Waals surface area contributed by atoms with Gasteiger partial charge in [-0.05, 0) is 60.9 Å². The SMILES string of the molecule is CC(=N)C1CCN(C(=O)CCN(CC(C)(C)C)C2(Cc3cccc(Cl)c3)C(=O)Nc3cc(Cl)ccc32)CC1. The zero-order valence-electron chi connectivity index (χ0n) is 22.7. The standard InChI is InChI=1S/C30H38Cl2N4O2/c1-20(33)22-10-13-35(14-11-22)27(37)12-15-36(19-29(2,3)4)30(18-21-6-5-7-23(31)16-21)25-9-8-24(32)17-26(25)34-28(30)38/h5-9,16-17,22,33H,10-15,18-19H2,1-4H3,(H,34,38). The molecule has 0 radical (unpaired) electrons. The molecule has 0 bridgehead atoms. The van der Waals surface area contributed by atoms with E-state index >= 15 is 0 Å². The maximum atomic E-state index is 14.0. The third kappa shape index (κ3) is 6.24. The molecule has 1 fully saturated rings. The average Bonchev–Trinajstić information content (AvgIpc) is 3.11. The van der Waals surface area contributed by atoms with Gasteiger partial charge < -0.3 is 15.6 Å². The molecule has 0 saturated carbocycles. The predicted molar refractivity (Wildman–Crippen MR) is 155 cm³/mol. The summed E-state index contributed by atoms with van der Waals surface area (Å²) in [4.78, 5) is 31.4. The summed E-state index contributed by atoms with van der Waals surface area (Å²) in [6.07, 6.45) is 2.41. The Hall–Kier alpha value is -2.41. The van der Waals surface area contributed by atoms with Crippen LogP contribution in [0.3, 0.4) is 0 Å². The van der Waals surface area contributed by atoms with Gasteiger partial charge in [0, 0.05) is 66.0 Å². The number of piperidine rings is 1. The summed E-state index contributed by atoms with van der Waals surface area (Å²) in [6, 6.07) is 13.2. The molecule has 1 saturated heterocycles. The molecule has 4 rings (SSSR count). The van der Waals surface area contributed by atoms with Gasteiger partial charge in [-0.2, -0.15) is 0 Å². The van der Waals surface area contributed by atoms with Crippen LogP contribution < -0.4 is 5.32 Å². The molecule has 1 unspecified atom stereocenters. The number of nitrogens with one attached hydrogen (secondary N) is 2. The topological polar surface area (TPSA) is 76.5 Å². The van der Waals surface area contributed by atoms with Crippen LogP contribution in [-0.2, 0) is 21.5 Å². The van der Waals surface area contributed by atoms with E-state index in [0.717, 1.165) is 24.0 Å². The average molecular weight is 558 g/mol. The lowest BCUT2D eigenvalue weighted by Gasteiger charge is -2.43. The minimum absolute atomic E-state index is 0.0950. The lowest BCUT2D eigenvalue weighted by atomic mass is 9.81. The predicted octanol–water partition coefficient (Wildman–Crippen LogP) is 6.40. The van der Waals surface area contributed by atoms with Crippen LogP contribution in [-0.4, -0.2) is 53.5 Å². The smallest absolute Gasteiger partial charge is 0.249 e. The van der Waals surface area contributed by atoms with E-state index < -0.39 is 5.54 Å². The highest BCUT2D eigenvalue weighted by molar-refractivity contribution is 6.31. The first-order chi connectivity index (χ1) is 17.9. The number of rotatable bonds is 8. The maximum absolute atomic E-state index is 14.0. The van der Waals surface area contributed by atoms with Gasteiger partial charge in [-0.15, -0.1) is 0 Å². The molecular formula is C30H38Cl2N4O2. The Kier molecular flexibility index (Phi) is 8.55. The second-order valence-corrected chi connectivity index (χ2v) is 12.8. The minimum Gasteiger partial charge on any atom is -0.343 e. The molecule has 0 spiro atoms. The second-order valence-electron chi connectivity index (χ2n) is 11.9.